The monoisotopic (exact) mass is 282 g/mol. The van der Waals surface area contributed by atoms with Crippen molar-refractivity contribution in [3.8, 4) is 5.75 Å². The van der Waals surface area contributed by atoms with Gasteiger partial charge in [-0.25, -0.2) is 4.98 Å². The molecule has 0 unspecified atom stereocenters. The van der Waals surface area contributed by atoms with Gasteiger partial charge in [-0.2, -0.15) is 0 Å². The number of nitrogens with one attached hydrogen (secondary N) is 1. The van der Waals surface area contributed by atoms with Gasteiger partial charge in [0.25, 0.3) is 0 Å². The van der Waals surface area contributed by atoms with Gasteiger partial charge in [-0.1, -0.05) is 35.1 Å². The van der Waals surface area contributed by atoms with Gasteiger partial charge in [-0.15, -0.1) is 0 Å². The molecule has 6 heteroatoms. The number of ether oxygens (including phenoxy) is 1. The highest BCUT2D eigenvalue weighted by Crippen LogP contribution is 2.25. The van der Waals surface area contributed by atoms with Crippen LogP contribution in [0.4, 0.5) is 5.13 Å². The SMILES string of the molecule is COc1ccc(CNc2nc(Cl)c(C=O)s2)cc1. The molecule has 1 aromatic heterocycles. The molecule has 0 radical (unpaired) electrons. The second-order valence-corrected chi connectivity index (χ2v) is 4.88. The van der Waals surface area contributed by atoms with Crippen molar-refractivity contribution in [2.75, 3.05) is 12.4 Å². The number of rotatable bonds is 5. The van der Waals surface area contributed by atoms with Crippen molar-refractivity contribution >= 4 is 34.4 Å². The van der Waals surface area contributed by atoms with Crippen LogP contribution in [0.2, 0.25) is 5.15 Å². The quantitative estimate of drug-likeness (QED) is 0.856. The van der Waals surface area contributed by atoms with E-state index in [1.54, 1.807) is 7.11 Å². The van der Waals surface area contributed by atoms with Crippen LogP contribution < -0.4 is 10.1 Å². The first-order valence-corrected chi connectivity index (χ1v) is 6.40. The molecule has 0 aliphatic carbocycles. The van der Waals surface area contributed by atoms with Gasteiger partial charge in [0, 0.05) is 6.54 Å². The maximum Gasteiger partial charge on any atom is 0.185 e. The summed E-state index contributed by atoms with van der Waals surface area (Å²) in [6, 6.07) is 7.70. The predicted octanol–water partition coefficient (Wildman–Crippen LogP) is 3.23. The van der Waals surface area contributed by atoms with Gasteiger partial charge in [-0.05, 0) is 17.7 Å². The Morgan fingerprint density at radius 2 is 2.17 bits per heavy atom. The van der Waals surface area contributed by atoms with Crippen LogP contribution in [-0.4, -0.2) is 18.4 Å². The number of benzene rings is 1. The normalized spacial score (nSPS) is 10.1. The van der Waals surface area contributed by atoms with Crippen LogP contribution in [0.3, 0.4) is 0 Å². The molecule has 0 saturated carbocycles. The number of carbonyl (C=O) groups excluding carboxylic acids is 1. The van der Waals surface area contributed by atoms with Crippen LogP contribution in [-0.2, 0) is 6.54 Å². The van der Waals surface area contributed by atoms with Crippen molar-refractivity contribution in [3.05, 3.63) is 39.9 Å². The maximum atomic E-state index is 10.6. The summed E-state index contributed by atoms with van der Waals surface area (Å²) in [4.78, 5) is 15.1. The van der Waals surface area contributed by atoms with Gasteiger partial charge < -0.3 is 10.1 Å². The molecule has 1 N–H and O–H groups in total. The van der Waals surface area contributed by atoms with E-state index in [4.69, 9.17) is 16.3 Å². The van der Waals surface area contributed by atoms with Crippen LogP contribution >= 0.6 is 22.9 Å². The van der Waals surface area contributed by atoms with E-state index in [1.165, 1.54) is 11.3 Å². The third kappa shape index (κ3) is 3.00. The molecule has 2 aromatic rings. The fourth-order valence-corrected chi connectivity index (χ4v) is 2.35. The van der Waals surface area contributed by atoms with Crippen LogP contribution in [0.15, 0.2) is 24.3 Å². The molecule has 0 spiro atoms. The maximum absolute atomic E-state index is 10.6. The number of aromatic nitrogens is 1. The van der Waals surface area contributed by atoms with Crippen LogP contribution in [0.25, 0.3) is 0 Å². The van der Waals surface area contributed by atoms with Crippen molar-refractivity contribution in [2.24, 2.45) is 0 Å². The summed E-state index contributed by atoms with van der Waals surface area (Å²) in [5.74, 6) is 0.819. The van der Waals surface area contributed by atoms with Gasteiger partial charge in [0.05, 0.1) is 7.11 Å². The zero-order valence-corrected chi connectivity index (χ0v) is 11.2. The minimum Gasteiger partial charge on any atom is -0.497 e. The van der Waals surface area contributed by atoms with E-state index in [0.29, 0.717) is 22.8 Å². The summed E-state index contributed by atoms with van der Waals surface area (Å²) < 4.78 is 5.08. The molecule has 0 fully saturated rings. The van der Waals surface area contributed by atoms with Crippen LogP contribution in [0.5, 0.6) is 5.75 Å². The Morgan fingerprint density at radius 3 is 2.72 bits per heavy atom. The Balaban J connectivity index is 1.99. The lowest BCUT2D eigenvalue weighted by Gasteiger charge is -2.04. The zero-order chi connectivity index (χ0) is 13.0. The van der Waals surface area contributed by atoms with E-state index in [9.17, 15) is 4.79 Å². The Hall–Kier alpha value is -1.59. The summed E-state index contributed by atoms with van der Waals surface area (Å²) in [5.41, 5.74) is 1.09. The molecule has 18 heavy (non-hydrogen) atoms. The summed E-state index contributed by atoms with van der Waals surface area (Å²) in [5, 5.41) is 4.00. The fourth-order valence-electron chi connectivity index (χ4n) is 1.38. The third-order valence-electron chi connectivity index (χ3n) is 2.32. The largest absolute Gasteiger partial charge is 0.497 e. The molecular weight excluding hydrogens is 272 g/mol. The van der Waals surface area contributed by atoms with Gasteiger partial charge >= 0.3 is 0 Å². The van der Waals surface area contributed by atoms with Crippen molar-refractivity contribution in [1.29, 1.82) is 0 Å². The molecule has 0 aliphatic rings. The Kier molecular flexibility index (Phi) is 4.17. The summed E-state index contributed by atoms with van der Waals surface area (Å²) in [6.45, 7) is 0.617. The average molecular weight is 283 g/mol. The Labute approximate surface area is 114 Å². The highest BCUT2D eigenvalue weighted by atomic mass is 35.5. The molecule has 1 heterocycles. The average Bonchev–Trinajstić information content (AvgIpc) is 2.77. The minimum absolute atomic E-state index is 0.243. The molecule has 2 rings (SSSR count). The molecule has 0 amide bonds. The number of hydrogen-bond acceptors (Lipinski definition) is 5. The van der Waals surface area contributed by atoms with E-state index in [-0.39, 0.29) is 5.15 Å². The molecule has 1 aromatic carbocycles. The molecule has 94 valence electrons. The topological polar surface area (TPSA) is 51.2 Å². The molecule has 0 bridgehead atoms. The number of carbonyl (C=O) groups is 1. The number of hydrogen-bond donors (Lipinski definition) is 1. The van der Waals surface area contributed by atoms with E-state index < -0.39 is 0 Å². The second-order valence-electron chi connectivity index (χ2n) is 3.49. The summed E-state index contributed by atoms with van der Waals surface area (Å²) >= 11 is 7.02. The van der Waals surface area contributed by atoms with E-state index in [0.717, 1.165) is 11.3 Å². The van der Waals surface area contributed by atoms with E-state index in [1.807, 2.05) is 24.3 Å². The number of halogens is 1. The number of nitrogens with zero attached hydrogens (tertiary/aromatic N) is 1. The number of aldehydes is 1. The standard InChI is InChI=1S/C12H11ClN2O2S/c1-17-9-4-2-8(3-5-9)6-14-12-15-11(13)10(7-16)18-12/h2-5,7H,6H2,1H3,(H,14,15). The first-order chi connectivity index (χ1) is 8.72. The number of anilines is 1. The summed E-state index contributed by atoms with van der Waals surface area (Å²) in [6.07, 6.45) is 0.707. The minimum atomic E-state index is 0.243. The molecule has 0 saturated heterocycles. The molecule has 0 atom stereocenters. The lowest BCUT2D eigenvalue weighted by molar-refractivity contribution is 0.112. The third-order valence-corrected chi connectivity index (χ3v) is 3.66. The Bertz CT molecular complexity index is 540. The first-order valence-electron chi connectivity index (χ1n) is 5.21. The lowest BCUT2D eigenvalue weighted by Crippen LogP contribution is -1.98. The van der Waals surface area contributed by atoms with Crippen LogP contribution in [0.1, 0.15) is 15.2 Å². The van der Waals surface area contributed by atoms with E-state index in [2.05, 4.69) is 10.3 Å². The van der Waals surface area contributed by atoms with Gasteiger partial charge in [0.1, 0.15) is 10.6 Å². The smallest absolute Gasteiger partial charge is 0.185 e. The lowest BCUT2D eigenvalue weighted by atomic mass is 10.2. The highest BCUT2D eigenvalue weighted by molar-refractivity contribution is 7.17. The number of thiazole rings is 1. The second kappa shape index (κ2) is 5.84. The van der Waals surface area contributed by atoms with Crippen LogP contribution in [0, 0.1) is 0 Å². The van der Waals surface area contributed by atoms with Crippen molar-refractivity contribution < 1.29 is 9.53 Å². The molecule has 4 nitrogen and oxygen atoms in total. The number of methoxy groups -OCH3 is 1. The van der Waals surface area contributed by atoms with Crippen molar-refractivity contribution in [1.82, 2.24) is 4.98 Å². The van der Waals surface area contributed by atoms with Gasteiger partial charge in [0.2, 0.25) is 0 Å². The molecular formula is C12H11ClN2O2S. The van der Waals surface area contributed by atoms with Gasteiger partial charge in [0.15, 0.2) is 16.6 Å². The van der Waals surface area contributed by atoms with Crippen molar-refractivity contribution in [2.45, 2.75) is 6.54 Å². The first kappa shape index (κ1) is 12.9. The highest BCUT2D eigenvalue weighted by Gasteiger charge is 2.07. The van der Waals surface area contributed by atoms with E-state index >= 15 is 0 Å². The summed E-state index contributed by atoms with van der Waals surface area (Å²) in [7, 11) is 1.63. The zero-order valence-electron chi connectivity index (χ0n) is 9.64. The molecule has 0 aliphatic heterocycles. The van der Waals surface area contributed by atoms with Gasteiger partial charge in [-0.3, -0.25) is 4.79 Å². The van der Waals surface area contributed by atoms with Crippen molar-refractivity contribution in [3.63, 3.8) is 0 Å². The predicted molar refractivity (Wildman–Crippen MR) is 72.8 cm³/mol. The Morgan fingerprint density at radius 1 is 1.44 bits per heavy atom. The fraction of sp³-hybridized carbons (Fsp3) is 0.167.